The van der Waals surface area contributed by atoms with Crippen molar-refractivity contribution in [3.63, 3.8) is 0 Å². The van der Waals surface area contributed by atoms with Gasteiger partial charge in [0.2, 0.25) is 0 Å². The van der Waals surface area contributed by atoms with Crippen LogP contribution in [0, 0.1) is 0 Å². The lowest BCUT2D eigenvalue weighted by molar-refractivity contribution is 0.483. The molecule has 0 fully saturated rings. The normalized spacial score (nSPS) is 21.4. The Morgan fingerprint density at radius 3 is 2.89 bits per heavy atom. The number of allylic oxidation sites excluding steroid dienone is 1. The van der Waals surface area contributed by atoms with E-state index in [-0.39, 0.29) is 0 Å². The molecule has 0 aromatic heterocycles. The summed E-state index contributed by atoms with van der Waals surface area (Å²) in [5, 5.41) is 1.35. The molecule has 1 aliphatic rings. The highest BCUT2D eigenvalue weighted by molar-refractivity contribution is 5.73. The van der Waals surface area contributed by atoms with Crippen molar-refractivity contribution in [1.29, 1.82) is 0 Å². The van der Waals surface area contributed by atoms with Gasteiger partial charge in [-0.25, -0.2) is 10.8 Å². The third-order valence-electron chi connectivity index (χ3n) is 0.953. The van der Waals surface area contributed by atoms with Crippen molar-refractivity contribution >= 4 is 6.21 Å². The minimum absolute atomic E-state index is 0.553. The lowest BCUT2D eigenvalue weighted by Crippen LogP contribution is -2.25. The summed E-state index contributed by atoms with van der Waals surface area (Å²) in [5.74, 6) is 5.93. The Labute approximate surface area is 53.1 Å². The molecule has 0 saturated carbocycles. The molecule has 0 aliphatic carbocycles. The van der Waals surface area contributed by atoms with E-state index in [1.165, 1.54) is 11.2 Å². The Morgan fingerprint density at radius 1 is 1.67 bits per heavy atom. The van der Waals surface area contributed by atoms with Crippen molar-refractivity contribution in [3.05, 3.63) is 24.3 Å². The molecule has 0 saturated heterocycles. The molecule has 1 aliphatic heterocycles. The van der Waals surface area contributed by atoms with Crippen LogP contribution < -0.4 is 11.6 Å². The van der Waals surface area contributed by atoms with Gasteiger partial charge in [0.05, 0.1) is 0 Å². The van der Waals surface area contributed by atoms with Crippen molar-refractivity contribution in [2.45, 2.75) is 0 Å². The molecule has 0 radical (unpaired) electrons. The predicted octanol–water partition coefficient (Wildman–Crippen LogP) is -0.482. The lowest BCUT2D eigenvalue weighted by Gasteiger charge is -2.14. The first-order valence-electron chi connectivity index (χ1n) is 2.51. The van der Waals surface area contributed by atoms with E-state index in [2.05, 4.69) is 4.99 Å². The summed E-state index contributed by atoms with van der Waals surface area (Å²) in [6, 6.07) is 0. The van der Waals surface area contributed by atoms with Gasteiger partial charge in [0.25, 0.3) is 0 Å². The van der Waals surface area contributed by atoms with E-state index < -0.39 is 0 Å². The van der Waals surface area contributed by atoms with Gasteiger partial charge < -0.3 is 5.73 Å². The molecule has 0 bridgehead atoms. The number of hydrogen-bond acceptors (Lipinski definition) is 4. The molecule has 9 heavy (non-hydrogen) atoms. The first-order chi connectivity index (χ1) is 4.34. The second-order valence-corrected chi connectivity index (χ2v) is 1.55. The highest BCUT2D eigenvalue weighted by atomic mass is 15.4. The highest BCUT2D eigenvalue weighted by Gasteiger charge is 1.98. The summed E-state index contributed by atoms with van der Waals surface area (Å²) in [6.45, 7) is 0. The zero-order chi connectivity index (χ0) is 6.69. The Hall–Kier alpha value is -1.29. The standard InChI is InChI=1S/C5H8N4/c6-4-5-8-2-1-3-9(5)7/h1-4H,6-7H2/b5-4-. The SMILES string of the molecule is N/C=C1/N=CC=CN1N. The molecule has 0 amide bonds. The number of hydrazine groups is 1. The molecule has 0 spiro atoms. The molecular weight excluding hydrogens is 116 g/mol. The fourth-order valence-corrected chi connectivity index (χ4v) is 0.523. The Morgan fingerprint density at radius 2 is 2.44 bits per heavy atom. The summed E-state index contributed by atoms with van der Waals surface area (Å²) < 4.78 is 0. The Bertz CT molecular complexity index is 179. The monoisotopic (exact) mass is 124 g/mol. The van der Waals surface area contributed by atoms with Gasteiger partial charge in [-0.3, -0.25) is 5.01 Å². The van der Waals surface area contributed by atoms with Crippen LogP contribution in [0.2, 0.25) is 0 Å². The third kappa shape index (κ3) is 1.09. The van der Waals surface area contributed by atoms with E-state index in [0.29, 0.717) is 5.82 Å². The zero-order valence-corrected chi connectivity index (χ0v) is 4.86. The summed E-state index contributed by atoms with van der Waals surface area (Å²) in [4.78, 5) is 3.85. The summed E-state index contributed by atoms with van der Waals surface area (Å²) >= 11 is 0. The van der Waals surface area contributed by atoms with Gasteiger partial charge >= 0.3 is 0 Å². The maximum absolute atomic E-state index is 5.37. The molecule has 4 nitrogen and oxygen atoms in total. The number of nitrogens with two attached hydrogens (primary N) is 2. The largest absolute Gasteiger partial charge is 0.402 e. The fraction of sp³-hybridized carbons (Fsp3) is 0. The summed E-state index contributed by atoms with van der Waals surface area (Å²) in [6.07, 6.45) is 6.38. The van der Waals surface area contributed by atoms with Crippen LogP contribution in [-0.2, 0) is 0 Å². The molecule has 0 unspecified atom stereocenters. The second kappa shape index (κ2) is 2.32. The number of rotatable bonds is 0. The van der Waals surface area contributed by atoms with Gasteiger partial charge in [-0.2, -0.15) is 0 Å². The van der Waals surface area contributed by atoms with Crippen LogP contribution in [0.15, 0.2) is 29.3 Å². The molecule has 0 aromatic rings. The molecule has 1 rings (SSSR count). The number of nitrogens with zero attached hydrogens (tertiary/aromatic N) is 2. The highest BCUT2D eigenvalue weighted by Crippen LogP contribution is 2.01. The van der Waals surface area contributed by atoms with Crippen LogP contribution in [0.3, 0.4) is 0 Å². The number of hydrogen-bond donors (Lipinski definition) is 2. The van der Waals surface area contributed by atoms with Crippen molar-refractivity contribution in [2.75, 3.05) is 0 Å². The lowest BCUT2D eigenvalue weighted by atomic mass is 10.5. The molecule has 0 atom stereocenters. The van der Waals surface area contributed by atoms with Crippen molar-refractivity contribution in [1.82, 2.24) is 5.01 Å². The molecule has 4 N–H and O–H groups in total. The van der Waals surface area contributed by atoms with Crippen LogP contribution in [-0.4, -0.2) is 11.2 Å². The van der Waals surface area contributed by atoms with Crippen LogP contribution in [0.4, 0.5) is 0 Å². The maximum Gasteiger partial charge on any atom is 0.162 e. The molecule has 48 valence electrons. The van der Waals surface area contributed by atoms with Gasteiger partial charge in [-0.1, -0.05) is 0 Å². The molecule has 1 heterocycles. The molecule has 0 aromatic carbocycles. The average Bonchev–Trinajstić information content (AvgIpc) is 1.89. The fourth-order valence-electron chi connectivity index (χ4n) is 0.523. The van der Waals surface area contributed by atoms with Gasteiger partial charge in [-0.05, 0) is 6.08 Å². The van der Waals surface area contributed by atoms with Gasteiger partial charge in [0.15, 0.2) is 5.82 Å². The van der Waals surface area contributed by atoms with Gasteiger partial charge in [0, 0.05) is 18.6 Å². The maximum atomic E-state index is 5.37. The zero-order valence-electron chi connectivity index (χ0n) is 4.86. The summed E-state index contributed by atoms with van der Waals surface area (Å²) in [5.41, 5.74) is 5.16. The van der Waals surface area contributed by atoms with E-state index in [0.717, 1.165) is 0 Å². The number of aliphatic imine (C=N–C) groups is 1. The Kier molecular flexibility index (Phi) is 1.51. The molecule has 4 heteroatoms. The van der Waals surface area contributed by atoms with Crippen LogP contribution in [0.25, 0.3) is 0 Å². The predicted molar refractivity (Wildman–Crippen MR) is 35.9 cm³/mol. The first kappa shape index (κ1) is 5.84. The van der Waals surface area contributed by atoms with Crippen molar-refractivity contribution in [3.8, 4) is 0 Å². The van der Waals surface area contributed by atoms with E-state index in [1.807, 2.05) is 0 Å². The van der Waals surface area contributed by atoms with Gasteiger partial charge in [-0.15, -0.1) is 0 Å². The summed E-state index contributed by atoms with van der Waals surface area (Å²) in [7, 11) is 0. The second-order valence-electron chi connectivity index (χ2n) is 1.55. The van der Waals surface area contributed by atoms with E-state index in [9.17, 15) is 0 Å². The first-order valence-corrected chi connectivity index (χ1v) is 2.51. The average molecular weight is 124 g/mol. The topological polar surface area (TPSA) is 67.6 Å². The molecular formula is C5H8N4. The van der Waals surface area contributed by atoms with Crippen LogP contribution >= 0.6 is 0 Å². The van der Waals surface area contributed by atoms with E-state index in [1.54, 1.807) is 18.5 Å². The quantitative estimate of drug-likeness (QED) is 0.428. The van der Waals surface area contributed by atoms with Crippen molar-refractivity contribution in [2.24, 2.45) is 16.6 Å². The minimum Gasteiger partial charge on any atom is -0.402 e. The van der Waals surface area contributed by atoms with Gasteiger partial charge in [0.1, 0.15) is 0 Å². The smallest absolute Gasteiger partial charge is 0.162 e. The van der Waals surface area contributed by atoms with E-state index >= 15 is 0 Å². The van der Waals surface area contributed by atoms with E-state index in [4.69, 9.17) is 11.6 Å². The van der Waals surface area contributed by atoms with Crippen molar-refractivity contribution < 1.29 is 0 Å². The minimum atomic E-state index is 0.553. The Balaban J connectivity index is 2.78. The third-order valence-corrected chi connectivity index (χ3v) is 0.953. The van der Waals surface area contributed by atoms with Crippen LogP contribution in [0.1, 0.15) is 0 Å². The van der Waals surface area contributed by atoms with Crippen LogP contribution in [0.5, 0.6) is 0 Å².